The first-order valence-electron chi connectivity index (χ1n) is 4.68. The van der Waals surface area contributed by atoms with Crippen LogP contribution in [-0.4, -0.2) is 23.8 Å². The highest BCUT2D eigenvalue weighted by Crippen LogP contribution is 2.24. The molecule has 1 N–H and O–H groups in total. The van der Waals surface area contributed by atoms with Gasteiger partial charge in [-0.3, -0.25) is 0 Å². The van der Waals surface area contributed by atoms with Gasteiger partial charge >= 0.3 is 5.97 Å². The molecule has 0 aromatic carbocycles. The molecule has 3 heteroatoms. The summed E-state index contributed by atoms with van der Waals surface area (Å²) in [6.45, 7) is 4.53. The minimum atomic E-state index is -0.802. The van der Waals surface area contributed by atoms with E-state index in [1.807, 2.05) is 0 Å². The molecule has 13 heavy (non-hydrogen) atoms. The van der Waals surface area contributed by atoms with E-state index in [9.17, 15) is 4.79 Å². The number of epoxide rings is 1. The Balaban J connectivity index is 2.62. The summed E-state index contributed by atoms with van der Waals surface area (Å²) in [7, 11) is 0. The van der Waals surface area contributed by atoms with Crippen LogP contribution in [0.25, 0.3) is 0 Å². The average Bonchev–Trinajstić information content (AvgIpc) is 2.86. The van der Waals surface area contributed by atoms with Crippen molar-refractivity contribution in [1.82, 2.24) is 0 Å². The van der Waals surface area contributed by atoms with Crippen LogP contribution in [0.15, 0.2) is 11.1 Å². The summed E-state index contributed by atoms with van der Waals surface area (Å²) in [5.74, 6) is -0.802. The molecule has 0 aliphatic carbocycles. The number of rotatable bonds is 5. The first-order chi connectivity index (χ1) is 6.15. The highest BCUT2D eigenvalue weighted by Gasteiger charge is 2.25. The highest BCUT2D eigenvalue weighted by atomic mass is 16.6. The lowest BCUT2D eigenvalue weighted by atomic mass is 10.00. The fourth-order valence-electron chi connectivity index (χ4n) is 1.36. The number of carboxylic acid groups (broad SMARTS) is 1. The van der Waals surface area contributed by atoms with Gasteiger partial charge in [0.1, 0.15) is 0 Å². The molecule has 74 valence electrons. The van der Waals surface area contributed by atoms with Gasteiger partial charge < -0.3 is 9.84 Å². The Hall–Kier alpha value is -0.830. The van der Waals surface area contributed by atoms with Crippen molar-refractivity contribution in [2.45, 2.75) is 39.2 Å². The van der Waals surface area contributed by atoms with E-state index in [4.69, 9.17) is 9.84 Å². The molecular formula is C10H16O3. The summed E-state index contributed by atoms with van der Waals surface area (Å²) < 4.78 is 5.09. The maximum absolute atomic E-state index is 10.7. The smallest absolute Gasteiger partial charge is 0.331 e. The van der Waals surface area contributed by atoms with Crippen LogP contribution in [0.4, 0.5) is 0 Å². The van der Waals surface area contributed by atoms with Crippen LogP contribution < -0.4 is 0 Å². The summed E-state index contributed by atoms with van der Waals surface area (Å²) in [5, 5.41) is 8.81. The van der Waals surface area contributed by atoms with E-state index in [2.05, 4.69) is 6.92 Å². The fourth-order valence-corrected chi connectivity index (χ4v) is 1.36. The summed E-state index contributed by atoms with van der Waals surface area (Å²) in [6.07, 6.45) is 2.95. The summed E-state index contributed by atoms with van der Waals surface area (Å²) in [6, 6.07) is 0. The van der Waals surface area contributed by atoms with Crippen LogP contribution in [0.3, 0.4) is 0 Å². The number of hydrogen-bond donors (Lipinski definition) is 1. The van der Waals surface area contributed by atoms with Crippen LogP contribution >= 0.6 is 0 Å². The topological polar surface area (TPSA) is 49.8 Å². The summed E-state index contributed by atoms with van der Waals surface area (Å²) in [4.78, 5) is 10.7. The lowest BCUT2D eigenvalue weighted by Gasteiger charge is -2.06. The van der Waals surface area contributed by atoms with Gasteiger partial charge in [-0.1, -0.05) is 18.9 Å². The second kappa shape index (κ2) is 4.42. The second-order valence-electron chi connectivity index (χ2n) is 3.44. The highest BCUT2D eigenvalue weighted by molar-refractivity contribution is 5.86. The minimum absolute atomic E-state index is 0.288. The molecule has 1 aliphatic rings. The lowest BCUT2D eigenvalue weighted by Crippen LogP contribution is -2.03. The zero-order valence-electron chi connectivity index (χ0n) is 8.17. The Morgan fingerprint density at radius 1 is 1.62 bits per heavy atom. The van der Waals surface area contributed by atoms with Crippen molar-refractivity contribution in [3.8, 4) is 0 Å². The quantitative estimate of drug-likeness (QED) is 0.525. The van der Waals surface area contributed by atoms with Gasteiger partial charge in [-0.05, 0) is 19.8 Å². The molecular weight excluding hydrogens is 168 g/mol. The van der Waals surface area contributed by atoms with Crippen LogP contribution in [0, 0.1) is 0 Å². The van der Waals surface area contributed by atoms with Gasteiger partial charge in [0.05, 0.1) is 12.7 Å². The Kier molecular flexibility index (Phi) is 3.48. The van der Waals surface area contributed by atoms with Crippen molar-refractivity contribution >= 4 is 5.97 Å². The molecule has 0 bridgehead atoms. The van der Waals surface area contributed by atoms with Gasteiger partial charge in [-0.25, -0.2) is 4.79 Å². The molecule has 1 atom stereocenters. The van der Waals surface area contributed by atoms with E-state index < -0.39 is 5.97 Å². The van der Waals surface area contributed by atoms with Gasteiger partial charge in [0.15, 0.2) is 0 Å². The molecule has 1 rings (SSSR count). The largest absolute Gasteiger partial charge is 0.478 e. The molecule has 0 aromatic rings. The Bertz CT molecular complexity index is 226. The van der Waals surface area contributed by atoms with E-state index in [-0.39, 0.29) is 6.10 Å². The van der Waals surface area contributed by atoms with E-state index in [0.717, 1.165) is 31.4 Å². The monoisotopic (exact) mass is 184 g/mol. The maximum Gasteiger partial charge on any atom is 0.331 e. The Morgan fingerprint density at radius 2 is 2.23 bits per heavy atom. The molecule has 0 amide bonds. The maximum atomic E-state index is 10.7. The molecule has 0 saturated carbocycles. The zero-order chi connectivity index (χ0) is 9.84. The number of aliphatic carboxylic acids is 1. The van der Waals surface area contributed by atoms with E-state index >= 15 is 0 Å². The van der Waals surface area contributed by atoms with Crippen LogP contribution in [0.2, 0.25) is 0 Å². The van der Waals surface area contributed by atoms with Crippen molar-refractivity contribution in [2.75, 3.05) is 6.61 Å². The minimum Gasteiger partial charge on any atom is -0.478 e. The van der Waals surface area contributed by atoms with Crippen molar-refractivity contribution in [2.24, 2.45) is 0 Å². The van der Waals surface area contributed by atoms with Crippen molar-refractivity contribution in [1.29, 1.82) is 0 Å². The van der Waals surface area contributed by atoms with Gasteiger partial charge in [-0.2, -0.15) is 0 Å². The van der Waals surface area contributed by atoms with Crippen molar-refractivity contribution in [3.63, 3.8) is 0 Å². The molecule has 1 saturated heterocycles. The van der Waals surface area contributed by atoms with Gasteiger partial charge in [0, 0.05) is 5.57 Å². The summed E-state index contributed by atoms with van der Waals surface area (Å²) >= 11 is 0. The standard InChI is InChI=1S/C10H16O3/c1-3-4-8(5-9-6-13-9)7(2)10(11)12/h9H,3-6H2,1-2H3,(H,11,12). The molecule has 0 aromatic heterocycles. The van der Waals surface area contributed by atoms with Crippen molar-refractivity contribution < 1.29 is 14.6 Å². The third-order valence-electron chi connectivity index (χ3n) is 2.28. The Morgan fingerprint density at radius 3 is 2.62 bits per heavy atom. The predicted octanol–water partition coefficient (Wildman–Crippen LogP) is 1.98. The molecule has 3 nitrogen and oxygen atoms in total. The molecule has 1 unspecified atom stereocenters. The average molecular weight is 184 g/mol. The van der Waals surface area contributed by atoms with Gasteiger partial charge in [0.2, 0.25) is 0 Å². The third-order valence-corrected chi connectivity index (χ3v) is 2.28. The van der Waals surface area contributed by atoms with Crippen LogP contribution in [0.1, 0.15) is 33.1 Å². The molecule has 0 radical (unpaired) electrons. The van der Waals surface area contributed by atoms with Crippen molar-refractivity contribution in [3.05, 3.63) is 11.1 Å². The van der Waals surface area contributed by atoms with Gasteiger partial charge in [0.25, 0.3) is 0 Å². The van der Waals surface area contributed by atoms with E-state index in [0.29, 0.717) is 5.57 Å². The normalized spacial score (nSPS) is 22.5. The molecule has 1 aliphatic heterocycles. The van der Waals surface area contributed by atoms with Crippen LogP contribution in [-0.2, 0) is 9.53 Å². The van der Waals surface area contributed by atoms with E-state index in [1.165, 1.54) is 0 Å². The van der Waals surface area contributed by atoms with E-state index in [1.54, 1.807) is 6.92 Å². The number of carbonyl (C=O) groups is 1. The van der Waals surface area contributed by atoms with Gasteiger partial charge in [-0.15, -0.1) is 0 Å². The summed E-state index contributed by atoms with van der Waals surface area (Å²) in [5.41, 5.74) is 1.54. The molecule has 1 heterocycles. The SMILES string of the molecule is CCCC(CC1CO1)=C(C)C(=O)O. The zero-order valence-corrected chi connectivity index (χ0v) is 8.17. The predicted molar refractivity (Wildman–Crippen MR) is 49.6 cm³/mol. The van der Waals surface area contributed by atoms with Crippen LogP contribution in [0.5, 0.6) is 0 Å². The number of ether oxygens (including phenoxy) is 1. The first kappa shape index (κ1) is 10.3. The lowest BCUT2D eigenvalue weighted by molar-refractivity contribution is -0.132. The number of hydrogen-bond acceptors (Lipinski definition) is 2. The number of carboxylic acids is 1. The molecule has 0 spiro atoms. The fraction of sp³-hybridized carbons (Fsp3) is 0.700. The molecule has 1 fully saturated rings. The Labute approximate surface area is 78.4 Å². The third kappa shape index (κ3) is 3.19. The first-order valence-corrected chi connectivity index (χ1v) is 4.68. The second-order valence-corrected chi connectivity index (χ2v) is 3.44.